The lowest BCUT2D eigenvalue weighted by atomic mass is 10.1. The van der Waals surface area contributed by atoms with Gasteiger partial charge in [-0.3, -0.25) is 4.79 Å². The molecule has 0 fully saturated rings. The van der Waals surface area contributed by atoms with Crippen molar-refractivity contribution in [2.24, 2.45) is 0 Å². The molecular formula is C27H26N4O3. The summed E-state index contributed by atoms with van der Waals surface area (Å²) in [7, 11) is 3.20. The van der Waals surface area contributed by atoms with Crippen LogP contribution in [-0.2, 0) is 6.54 Å². The third kappa shape index (κ3) is 5.50. The molecule has 172 valence electrons. The zero-order chi connectivity index (χ0) is 23.9. The van der Waals surface area contributed by atoms with Crippen molar-refractivity contribution in [1.82, 2.24) is 15.5 Å². The largest absolute Gasteiger partial charge is 0.497 e. The number of anilines is 2. The van der Waals surface area contributed by atoms with Gasteiger partial charge < -0.3 is 20.1 Å². The minimum atomic E-state index is -0.200. The van der Waals surface area contributed by atoms with Crippen molar-refractivity contribution in [2.75, 3.05) is 19.5 Å². The van der Waals surface area contributed by atoms with E-state index in [-0.39, 0.29) is 5.91 Å². The average molecular weight is 455 g/mol. The molecule has 0 saturated carbocycles. The number of ether oxygens (including phenoxy) is 2. The highest BCUT2D eigenvalue weighted by molar-refractivity contribution is 5.95. The molecule has 0 aliphatic heterocycles. The molecule has 0 radical (unpaired) electrons. The summed E-state index contributed by atoms with van der Waals surface area (Å²) in [4.78, 5) is 12.8. The van der Waals surface area contributed by atoms with Crippen molar-refractivity contribution in [1.29, 1.82) is 0 Å². The molecule has 1 amide bonds. The molecule has 7 nitrogen and oxygen atoms in total. The first kappa shape index (κ1) is 22.8. The minimum absolute atomic E-state index is 0.200. The van der Waals surface area contributed by atoms with Crippen molar-refractivity contribution in [3.8, 4) is 22.8 Å². The van der Waals surface area contributed by atoms with Crippen LogP contribution in [0, 0.1) is 6.92 Å². The predicted molar refractivity (Wildman–Crippen MR) is 133 cm³/mol. The van der Waals surface area contributed by atoms with Gasteiger partial charge in [0.05, 0.1) is 19.9 Å². The summed E-state index contributed by atoms with van der Waals surface area (Å²) in [6.45, 7) is 2.36. The minimum Gasteiger partial charge on any atom is -0.497 e. The van der Waals surface area contributed by atoms with Gasteiger partial charge in [-0.1, -0.05) is 35.9 Å². The van der Waals surface area contributed by atoms with Gasteiger partial charge in [0.25, 0.3) is 5.91 Å². The van der Waals surface area contributed by atoms with Crippen LogP contribution in [0.5, 0.6) is 11.5 Å². The van der Waals surface area contributed by atoms with Gasteiger partial charge in [-0.2, -0.15) is 0 Å². The van der Waals surface area contributed by atoms with Crippen LogP contribution < -0.4 is 20.1 Å². The van der Waals surface area contributed by atoms with Crippen LogP contribution in [0.2, 0.25) is 0 Å². The van der Waals surface area contributed by atoms with Crippen LogP contribution in [0.1, 0.15) is 21.5 Å². The summed E-state index contributed by atoms with van der Waals surface area (Å²) >= 11 is 0. The van der Waals surface area contributed by atoms with Gasteiger partial charge in [0.15, 0.2) is 5.82 Å². The number of aryl methyl sites for hydroxylation is 1. The number of aromatic nitrogens is 2. The van der Waals surface area contributed by atoms with Crippen LogP contribution in [0.3, 0.4) is 0 Å². The average Bonchev–Trinajstić information content (AvgIpc) is 2.88. The van der Waals surface area contributed by atoms with E-state index < -0.39 is 0 Å². The Hall–Kier alpha value is -4.39. The number of hydrogen-bond acceptors (Lipinski definition) is 6. The second-order valence-electron chi connectivity index (χ2n) is 7.74. The van der Waals surface area contributed by atoms with Crippen LogP contribution in [0.15, 0.2) is 78.9 Å². The summed E-state index contributed by atoms with van der Waals surface area (Å²) < 4.78 is 10.6. The fourth-order valence-electron chi connectivity index (χ4n) is 3.46. The summed E-state index contributed by atoms with van der Waals surface area (Å²) in [5, 5.41) is 14.7. The van der Waals surface area contributed by atoms with Crippen molar-refractivity contribution < 1.29 is 14.3 Å². The maximum absolute atomic E-state index is 12.8. The Morgan fingerprint density at radius 2 is 1.71 bits per heavy atom. The van der Waals surface area contributed by atoms with E-state index in [2.05, 4.69) is 20.8 Å². The van der Waals surface area contributed by atoms with Crippen LogP contribution in [0.4, 0.5) is 11.5 Å². The summed E-state index contributed by atoms with van der Waals surface area (Å²) in [5.74, 6) is 1.78. The number of nitrogens with zero attached hydrogens (tertiary/aromatic N) is 2. The highest BCUT2D eigenvalue weighted by Crippen LogP contribution is 2.24. The molecule has 3 aromatic carbocycles. The molecule has 0 aliphatic carbocycles. The lowest BCUT2D eigenvalue weighted by Crippen LogP contribution is -2.23. The number of carbonyl (C=O) groups is 1. The Morgan fingerprint density at radius 3 is 2.41 bits per heavy atom. The summed E-state index contributed by atoms with van der Waals surface area (Å²) in [6, 6.07) is 24.6. The maximum Gasteiger partial charge on any atom is 0.251 e. The second-order valence-corrected chi connectivity index (χ2v) is 7.74. The van der Waals surface area contributed by atoms with Gasteiger partial charge in [-0.15, -0.1) is 10.2 Å². The van der Waals surface area contributed by atoms with Crippen LogP contribution >= 0.6 is 0 Å². The van der Waals surface area contributed by atoms with Crippen molar-refractivity contribution in [2.45, 2.75) is 13.5 Å². The van der Waals surface area contributed by atoms with E-state index in [1.807, 2.05) is 73.7 Å². The third-order valence-electron chi connectivity index (χ3n) is 5.34. The van der Waals surface area contributed by atoms with Crippen LogP contribution in [0.25, 0.3) is 11.3 Å². The van der Waals surface area contributed by atoms with Gasteiger partial charge >= 0.3 is 0 Å². The smallest absolute Gasteiger partial charge is 0.251 e. The van der Waals surface area contributed by atoms with Gasteiger partial charge in [0.2, 0.25) is 0 Å². The quantitative estimate of drug-likeness (QED) is 0.383. The van der Waals surface area contributed by atoms with Crippen LogP contribution in [-0.4, -0.2) is 30.3 Å². The summed E-state index contributed by atoms with van der Waals surface area (Å²) in [5.41, 5.74) is 5.10. The number of nitrogens with one attached hydrogen (secondary N) is 2. The predicted octanol–water partition coefficient (Wildman–Crippen LogP) is 5.14. The molecule has 1 heterocycles. The molecule has 0 bridgehead atoms. The molecule has 0 saturated heterocycles. The number of hydrogen-bond donors (Lipinski definition) is 2. The van der Waals surface area contributed by atoms with E-state index in [9.17, 15) is 4.79 Å². The zero-order valence-electron chi connectivity index (χ0n) is 19.3. The molecular weight excluding hydrogens is 428 g/mol. The molecule has 1 aromatic heterocycles. The number of amides is 1. The molecule has 7 heteroatoms. The van der Waals surface area contributed by atoms with Gasteiger partial charge in [-0.05, 0) is 55.5 Å². The second kappa shape index (κ2) is 10.5. The zero-order valence-corrected chi connectivity index (χ0v) is 19.3. The highest BCUT2D eigenvalue weighted by Gasteiger charge is 2.10. The first-order valence-electron chi connectivity index (χ1n) is 10.8. The third-order valence-corrected chi connectivity index (χ3v) is 5.34. The van der Waals surface area contributed by atoms with E-state index in [1.54, 1.807) is 26.4 Å². The van der Waals surface area contributed by atoms with Crippen molar-refractivity contribution in [3.63, 3.8) is 0 Å². The van der Waals surface area contributed by atoms with Gasteiger partial charge in [-0.25, -0.2) is 0 Å². The van der Waals surface area contributed by atoms with Crippen molar-refractivity contribution >= 4 is 17.4 Å². The Kier molecular flexibility index (Phi) is 7.03. The first-order valence-corrected chi connectivity index (χ1v) is 10.8. The summed E-state index contributed by atoms with van der Waals surface area (Å²) in [6.07, 6.45) is 0. The van der Waals surface area contributed by atoms with E-state index in [0.29, 0.717) is 29.4 Å². The fourth-order valence-corrected chi connectivity index (χ4v) is 3.46. The number of benzene rings is 3. The molecule has 0 atom stereocenters. The Bertz CT molecular complexity index is 1270. The molecule has 0 unspecified atom stereocenters. The standard InChI is InChI=1S/C27H26N4O3/c1-18-7-9-19(10-8-18)24-12-14-26(31-30-24)29-22-6-4-5-20(15-22)27(32)28-17-21-16-23(33-2)11-13-25(21)34-3/h4-16H,17H2,1-3H3,(H,28,32)(H,29,31). The molecule has 0 spiro atoms. The van der Waals surface area contributed by atoms with E-state index in [0.717, 1.165) is 22.5 Å². The Balaban J connectivity index is 1.42. The molecule has 0 aliphatic rings. The normalized spacial score (nSPS) is 10.4. The number of rotatable bonds is 8. The molecule has 4 rings (SSSR count). The number of methoxy groups -OCH3 is 2. The molecule has 4 aromatic rings. The van der Waals surface area contributed by atoms with Gasteiger partial charge in [0.1, 0.15) is 11.5 Å². The lowest BCUT2D eigenvalue weighted by Gasteiger charge is -2.12. The highest BCUT2D eigenvalue weighted by atomic mass is 16.5. The maximum atomic E-state index is 12.8. The lowest BCUT2D eigenvalue weighted by molar-refractivity contribution is 0.0950. The Morgan fingerprint density at radius 1 is 0.882 bits per heavy atom. The molecule has 34 heavy (non-hydrogen) atoms. The Labute approximate surface area is 198 Å². The monoisotopic (exact) mass is 454 g/mol. The number of carbonyl (C=O) groups excluding carboxylic acids is 1. The van der Waals surface area contributed by atoms with Gasteiger partial charge in [0, 0.05) is 28.9 Å². The van der Waals surface area contributed by atoms with Crippen molar-refractivity contribution in [3.05, 3.63) is 95.6 Å². The molecule has 2 N–H and O–H groups in total. The SMILES string of the molecule is COc1ccc(OC)c(CNC(=O)c2cccc(Nc3ccc(-c4ccc(C)cc4)nn3)c2)c1. The fraction of sp³-hybridized carbons (Fsp3) is 0.148. The van der Waals surface area contributed by atoms with E-state index >= 15 is 0 Å². The van der Waals surface area contributed by atoms with E-state index in [1.165, 1.54) is 5.56 Å². The first-order chi connectivity index (χ1) is 16.6. The topological polar surface area (TPSA) is 85.4 Å². The van der Waals surface area contributed by atoms with E-state index in [4.69, 9.17) is 9.47 Å².